The fraction of sp³-hybridized carbons (Fsp3) is 0.692. The summed E-state index contributed by atoms with van der Waals surface area (Å²) in [6.07, 6.45) is 6.86. The molecule has 2 rings (SSSR count). The first-order chi connectivity index (χ1) is 8.53. The van der Waals surface area contributed by atoms with Crippen molar-refractivity contribution < 1.29 is 0 Å². The number of aryl methyl sites for hydroxylation is 1. The lowest BCUT2D eigenvalue weighted by Gasteiger charge is -2.36. The summed E-state index contributed by atoms with van der Waals surface area (Å²) in [5.74, 6) is 0.850. The standard InChI is InChI=1S/C13H21ClN4/c1-10-8-15-12(14)17-11(10)16-9-13(18(2)3)6-4-5-7-13/h8H,4-7,9H2,1-3H3,(H,15,16,17). The SMILES string of the molecule is Cc1cnc(Cl)nc1NCC1(N(C)C)CCCC1. The van der Waals surface area contributed by atoms with Gasteiger partial charge in [0.25, 0.3) is 0 Å². The predicted molar refractivity (Wildman–Crippen MR) is 75.2 cm³/mol. The van der Waals surface area contributed by atoms with Gasteiger partial charge in [0.2, 0.25) is 5.28 Å². The quantitative estimate of drug-likeness (QED) is 0.853. The van der Waals surface area contributed by atoms with Crippen molar-refractivity contribution in [3.8, 4) is 0 Å². The molecule has 0 saturated heterocycles. The average Bonchev–Trinajstić information content (AvgIpc) is 2.80. The van der Waals surface area contributed by atoms with E-state index in [4.69, 9.17) is 11.6 Å². The second-order valence-electron chi connectivity index (χ2n) is 5.35. The van der Waals surface area contributed by atoms with E-state index in [1.54, 1.807) is 6.20 Å². The largest absolute Gasteiger partial charge is 0.368 e. The molecular weight excluding hydrogens is 248 g/mol. The van der Waals surface area contributed by atoms with E-state index in [0.717, 1.165) is 17.9 Å². The van der Waals surface area contributed by atoms with E-state index in [1.165, 1.54) is 25.7 Å². The van der Waals surface area contributed by atoms with E-state index in [1.807, 2.05) is 6.92 Å². The van der Waals surface area contributed by atoms with E-state index in [9.17, 15) is 0 Å². The molecule has 0 aromatic carbocycles. The van der Waals surface area contributed by atoms with Crippen molar-refractivity contribution in [3.05, 3.63) is 17.0 Å². The smallest absolute Gasteiger partial charge is 0.224 e. The summed E-state index contributed by atoms with van der Waals surface area (Å²) in [5, 5.41) is 3.74. The van der Waals surface area contributed by atoms with Crippen molar-refractivity contribution in [3.63, 3.8) is 0 Å². The van der Waals surface area contributed by atoms with Crippen LogP contribution < -0.4 is 5.32 Å². The van der Waals surface area contributed by atoms with Gasteiger partial charge in [0.05, 0.1) is 0 Å². The average molecular weight is 269 g/mol. The van der Waals surface area contributed by atoms with Crippen LogP contribution in [0.1, 0.15) is 31.2 Å². The summed E-state index contributed by atoms with van der Waals surface area (Å²) >= 11 is 5.84. The fourth-order valence-electron chi connectivity index (χ4n) is 2.66. The maximum atomic E-state index is 5.84. The number of halogens is 1. The minimum absolute atomic E-state index is 0.254. The zero-order chi connectivity index (χ0) is 13.2. The van der Waals surface area contributed by atoms with Crippen LogP contribution in [0.25, 0.3) is 0 Å². The van der Waals surface area contributed by atoms with Gasteiger partial charge < -0.3 is 10.2 Å². The van der Waals surface area contributed by atoms with Crippen LogP contribution in [0.15, 0.2) is 6.20 Å². The zero-order valence-electron chi connectivity index (χ0n) is 11.3. The lowest BCUT2D eigenvalue weighted by molar-refractivity contribution is 0.172. The molecule has 0 spiro atoms. The molecule has 1 heterocycles. The van der Waals surface area contributed by atoms with Gasteiger partial charge in [-0.3, -0.25) is 0 Å². The molecular formula is C13H21ClN4. The molecule has 0 radical (unpaired) electrons. The van der Waals surface area contributed by atoms with E-state index in [2.05, 4.69) is 34.3 Å². The third-order valence-electron chi connectivity index (χ3n) is 4.01. The Hall–Kier alpha value is -0.870. The number of rotatable bonds is 4. The topological polar surface area (TPSA) is 41.1 Å². The highest BCUT2D eigenvalue weighted by Crippen LogP contribution is 2.34. The molecule has 1 saturated carbocycles. The van der Waals surface area contributed by atoms with E-state index in [0.29, 0.717) is 5.28 Å². The molecule has 100 valence electrons. The molecule has 0 unspecified atom stereocenters. The number of nitrogens with zero attached hydrogens (tertiary/aromatic N) is 3. The van der Waals surface area contributed by atoms with Crippen LogP contribution >= 0.6 is 11.6 Å². The minimum Gasteiger partial charge on any atom is -0.368 e. The molecule has 4 nitrogen and oxygen atoms in total. The van der Waals surface area contributed by atoms with Gasteiger partial charge in [-0.1, -0.05) is 12.8 Å². The molecule has 5 heteroatoms. The number of hydrogen-bond donors (Lipinski definition) is 1. The van der Waals surface area contributed by atoms with Gasteiger partial charge in [0.1, 0.15) is 5.82 Å². The number of anilines is 1. The highest BCUT2D eigenvalue weighted by Gasteiger charge is 2.35. The lowest BCUT2D eigenvalue weighted by Crippen LogP contribution is -2.47. The van der Waals surface area contributed by atoms with Crippen LogP contribution in [0.4, 0.5) is 5.82 Å². The Kier molecular flexibility index (Phi) is 4.07. The Morgan fingerprint density at radius 3 is 2.67 bits per heavy atom. The van der Waals surface area contributed by atoms with Crippen molar-refractivity contribution in [2.75, 3.05) is 26.0 Å². The van der Waals surface area contributed by atoms with Gasteiger partial charge in [0, 0.05) is 23.8 Å². The van der Waals surface area contributed by atoms with E-state index in [-0.39, 0.29) is 5.54 Å². The predicted octanol–water partition coefficient (Wildman–Crippen LogP) is 2.72. The maximum Gasteiger partial charge on any atom is 0.224 e. The molecule has 1 aromatic heterocycles. The highest BCUT2D eigenvalue weighted by atomic mass is 35.5. The van der Waals surface area contributed by atoms with Gasteiger partial charge in [-0.05, 0) is 45.5 Å². The van der Waals surface area contributed by atoms with Crippen molar-refractivity contribution in [2.45, 2.75) is 38.1 Å². The van der Waals surface area contributed by atoms with Crippen LogP contribution in [-0.4, -0.2) is 41.0 Å². The minimum atomic E-state index is 0.254. The summed E-state index contributed by atoms with van der Waals surface area (Å²) in [5.41, 5.74) is 1.29. The monoisotopic (exact) mass is 268 g/mol. The third kappa shape index (κ3) is 2.75. The van der Waals surface area contributed by atoms with E-state index >= 15 is 0 Å². The molecule has 1 fully saturated rings. The maximum absolute atomic E-state index is 5.84. The Morgan fingerprint density at radius 1 is 1.39 bits per heavy atom. The van der Waals surface area contributed by atoms with Crippen LogP contribution in [-0.2, 0) is 0 Å². The van der Waals surface area contributed by atoms with Crippen molar-refractivity contribution in [2.24, 2.45) is 0 Å². The number of hydrogen-bond acceptors (Lipinski definition) is 4. The van der Waals surface area contributed by atoms with Crippen LogP contribution in [0.3, 0.4) is 0 Å². The van der Waals surface area contributed by atoms with Crippen molar-refractivity contribution in [1.29, 1.82) is 0 Å². The summed E-state index contributed by atoms with van der Waals surface area (Å²) in [7, 11) is 4.32. The van der Waals surface area contributed by atoms with Crippen molar-refractivity contribution >= 4 is 17.4 Å². The number of nitrogens with one attached hydrogen (secondary N) is 1. The first-order valence-electron chi connectivity index (χ1n) is 6.44. The molecule has 1 aromatic rings. The van der Waals surface area contributed by atoms with Crippen LogP contribution in [0.5, 0.6) is 0 Å². The van der Waals surface area contributed by atoms with Crippen LogP contribution in [0, 0.1) is 6.92 Å². The van der Waals surface area contributed by atoms with Crippen molar-refractivity contribution in [1.82, 2.24) is 14.9 Å². The Bertz CT molecular complexity index is 413. The third-order valence-corrected chi connectivity index (χ3v) is 4.19. The van der Waals surface area contributed by atoms with Crippen LogP contribution in [0.2, 0.25) is 5.28 Å². The summed E-state index contributed by atoms with van der Waals surface area (Å²) in [6, 6.07) is 0. The Morgan fingerprint density at radius 2 is 2.06 bits per heavy atom. The lowest BCUT2D eigenvalue weighted by atomic mass is 9.96. The second-order valence-corrected chi connectivity index (χ2v) is 5.69. The summed E-state index contributed by atoms with van der Waals surface area (Å²) < 4.78 is 0. The van der Waals surface area contributed by atoms with E-state index < -0.39 is 0 Å². The second kappa shape index (κ2) is 5.41. The first-order valence-corrected chi connectivity index (χ1v) is 6.82. The van der Waals surface area contributed by atoms with Gasteiger partial charge in [0.15, 0.2) is 0 Å². The van der Waals surface area contributed by atoms with Gasteiger partial charge in [-0.25, -0.2) is 9.97 Å². The molecule has 1 N–H and O–H groups in total. The molecule has 1 aliphatic carbocycles. The van der Waals surface area contributed by atoms with Gasteiger partial charge in [-0.15, -0.1) is 0 Å². The molecule has 0 bridgehead atoms. The summed E-state index contributed by atoms with van der Waals surface area (Å²) in [4.78, 5) is 10.6. The zero-order valence-corrected chi connectivity index (χ0v) is 12.1. The Labute approximate surface area is 114 Å². The Balaban J connectivity index is 2.08. The fourth-order valence-corrected chi connectivity index (χ4v) is 2.80. The molecule has 18 heavy (non-hydrogen) atoms. The first kappa shape index (κ1) is 13.6. The molecule has 0 amide bonds. The molecule has 1 aliphatic rings. The molecule has 0 aliphatic heterocycles. The van der Waals surface area contributed by atoms with Gasteiger partial charge >= 0.3 is 0 Å². The normalized spacial score (nSPS) is 18.3. The molecule has 0 atom stereocenters. The number of likely N-dealkylation sites (N-methyl/N-ethyl adjacent to an activating group) is 1. The highest BCUT2D eigenvalue weighted by molar-refractivity contribution is 6.28. The van der Waals surface area contributed by atoms with Gasteiger partial charge in [-0.2, -0.15) is 0 Å². The summed E-state index contributed by atoms with van der Waals surface area (Å²) in [6.45, 7) is 2.91. The number of aromatic nitrogens is 2.